The second-order valence-electron chi connectivity index (χ2n) is 11.0. The number of aliphatic carboxylic acids is 3. The van der Waals surface area contributed by atoms with Gasteiger partial charge in [0.25, 0.3) is 0 Å². The quantitative estimate of drug-likeness (QED) is 0.139. The van der Waals surface area contributed by atoms with Crippen molar-refractivity contribution in [1.82, 2.24) is 4.68 Å². The van der Waals surface area contributed by atoms with Gasteiger partial charge in [0.1, 0.15) is 40.0 Å². The average molecular weight is 701 g/mol. The fourth-order valence-electron chi connectivity index (χ4n) is 4.76. The number of nitrogens with zero attached hydrogens (tertiary/aromatic N) is 6. The molecule has 17 heteroatoms. The van der Waals surface area contributed by atoms with Gasteiger partial charge in [-0.05, 0) is 24.3 Å². The van der Waals surface area contributed by atoms with Crippen molar-refractivity contribution in [2.45, 2.75) is 31.8 Å². The molecule has 0 spiro atoms. The van der Waals surface area contributed by atoms with Crippen molar-refractivity contribution in [2.75, 3.05) is 66.4 Å². The minimum absolute atomic E-state index is 0.708. The topological polar surface area (TPSA) is 212 Å². The summed E-state index contributed by atoms with van der Waals surface area (Å²) in [4.78, 5) is 34.2. The molecule has 0 aliphatic rings. The first kappa shape index (κ1) is 40.3. The fourth-order valence-corrected chi connectivity index (χ4v) is 4.76. The van der Waals surface area contributed by atoms with E-state index in [4.69, 9.17) is 34.3 Å². The van der Waals surface area contributed by atoms with Gasteiger partial charge in [-0.3, -0.25) is 9.59 Å². The van der Waals surface area contributed by atoms with Gasteiger partial charge in [-0.2, -0.15) is 0 Å². The Labute approximate surface area is 289 Å². The molecule has 3 rings (SSSR count). The first-order valence-electron chi connectivity index (χ1n) is 15.0. The molecule has 0 saturated carbocycles. The zero-order valence-electron chi connectivity index (χ0n) is 29.5. The molecule has 0 amide bonds. The number of imidazole rings is 1. The Morgan fingerprint density at radius 3 is 1.54 bits per heavy atom. The Hall–Kier alpha value is -5.84. The molecule has 0 unspecified atom stereocenters. The van der Waals surface area contributed by atoms with Gasteiger partial charge >= 0.3 is 17.8 Å². The summed E-state index contributed by atoms with van der Waals surface area (Å²) in [6, 6.07) is 7.73. The molecular formula is C33H44N6O11. The molecule has 0 atom stereocenters. The number of carbonyl (C=O) groups is 3. The van der Waals surface area contributed by atoms with Gasteiger partial charge in [-0.15, -0.1) is 9.35 Å². The molecule has 3 aromatic rings. The maximum atomic E-state index is 10.2. The second-order valence-corrected chi connectivity index (χ2v) is 11.0. The lowest BCUT2D eigenvalue weighted by atomic mass is 9.96. The van der Waals surface area contributed by atoms with Gasteiger partial charge in [0.15, 0.2) is 12.4 Å². The second kappa shape index (κ2) is 18.1. The van der Waals surface area contributed by atoms with Crippen LogP contribution in [0.15, 0.2) is 46.9 Å². The fraction of sp³-hybridized carbons (Fsp3) is 0.394. The number of ether oxygens (including phenoxy) is 4. The largest absolute Gasteiger partial charge is 0.547 e. The maximum Gasteiger partial charge on any atom is 0.307 e. The van der Waals surface area contributed by atoms with Crippen molar-refractivity contribution < 1.29 is 58.4 Å². The number of anilines is 2. The number of aromatic nitrogens is 2. The van der Waals surface area contributed by atoms with E-state index in [1.165, 1.54) is 0 Å². The van der Waals surface area contributed by atoms with Gasteiger partial charge in [0, 0.05) is 39.3 Å². The van der Waals surface area contributed by atoms with E-state index in [0.717, 1.165) is 34.7 Å². The third-order valence-corrected chi connectivity index (χ3v) is 7.02. The van der Waals surface area contributed by atoms with E-state index in [9.17, 15) is 19.5 Å². The van der Waals surface area contributed by atoms with Gasteiger partial charge in [0.2, 0.25) is 0 Å². The number of carboxylic acids is 3. The molecule has 0 fully saturated rings. The predicted octanol–water partition coefficient (Wildman–Crippen LogP) is 0.686. The van der Waals surface area contributed by atoms with Crippen LogP contribution in [0.4, 0.5) is 11.4 Å². The van der Waals surface area contributed by atoms with Crippen LogP contribution in [0, 0.1) is 0 Å². The summed E-state index contributed by atoms with van der Waals surface area (Å²) >= 11 is 0. The lowest BCUT2D eigenvalue weighted by Gasteiger charge is -2.25. The van der Waals surface area contributed by atoms with Crippen LogP contribution >= 0.6 is 0 Å². The Morgan fingerprint density at radius 1 is 0.820 bits per heavy atom. The Balaban J connectivity index is 0.000000565. The number of aliphatic hydroxyl groups is 1. The van der Waals surface area contributed by atoms with Gasteiger partial charge < -0.3 is 54.0 Å². The Bertz CT molecular complexity index is 1550. The van der Waals surface area contributed by atoms with Crippen molar-refractivity contribution in [3.63, 3.8) is 0 Å². The van der Waals surface area contributed by atoms with Crippen molar-refractivity contribution in [2.24, 2.45) is 10.2 Å². The highest BCUT2D eigenvalue weighted by Crippen LogP contribution is 2.38. The lowest BCUT2D eigenvalue weighted by Crippen LogP contribution is -2.51. The van der Waals surface area contributed by atoms with Crippen LogP contribution in [0.25, 0.3) is 0 Å². The van der Waals surface area contributed by atoms with Gasteiger partial charge in [-0.25, -0.2) is 0 Å². The third kappa shape index (κ3) is 10.3. The van der Waals surface area contributed by atoms with Crippen LogP contribution in [0.1, 0.15) is 36.7 Å². The SMILES string of the molecule is CCc1n(N=Cc2cc(OC)c(N(C)C)c(OC)c2)cc[n+]1N=Cc1cc(OC)c(N(C)C)c(OC)c1.O=C(O)CC(O)(CC(=O)O)C(=O)[O-]. The van der Waals surface area contributed by atoms with Crippen molar-refractivity contribution in [3.8, 4) is 23.0 Å². The molecule has 50 heavy (non-hydrogen) atoms. The summed E-state index contributed by atoms with van der Waals surface area (Å²) < 4.78 is 25.9. The van der Waals surface area contributed by atoms with Crippen molar-refractivity contribution >= 4 is 41.7 Å². The molecule has 0 aliphatic carbocycles. The zero-order chi connectivity index (χ0) is 37.8. The van der Waals surface area contributed by atoms with Crippen LogP contribution in [0.3, 0.4) is 0 Å². The molecule has 1 heterocycles. The van der Waals surface area contributed by atoms with E-state index >= 15 is 0 Å². The highest BCUT2D eigenvalue weighted by Gasteiger charge is 2.34. The normalized spacial score (nSPS) is 11.2. The number of hydrogen-bond acceptors (Lipinski definition) is 13. The third-order valence-electron chi connectivity index (χ3n) is 7.02. The molecular weight excluding hydrogens is 656 g/mol. The van der Waals surface area contributed by atoms with E-state index in [1.54, 1.807) is 50.2 Å². The van der Waals surface area contributed by atoms with Crippen LogP contribution in [0.2, 0.25) is 0 Å². The number of rotatable bonds is 16. The lowest BCUT2D eigenvalue weighted by molar-refractivity contribution is -0.685. The number of carboxylic acid groups (broad SMARTS) is 3. The molecule has 0 radical (unpaired) electrons. The van der Waals surface area contributed by atoms with E-state index in [-0.39, 0.29) is 0 Å². The van der Waals surface area contributed by atoms with E-state index in [0.29, 0.717) is 23.0 Å². The number of benzene rings is 2. The van der Waals surface area contributed by atoms with E-state index in [2.05, 4.69) is 17.1 Å². The predicted molar refractivity (Wildman–Crippen MR) is 182 cm³/mol. The summed E-state index contributed by atoms with van der Waals surface area (Å²) in [7, 11) is 14.4. The molecule has 272 valence electrons. The smallest absolute Gasteiger partial charge is 0.307 e. The number of hydrogen-bond donors (Lipinski definition) is 3. The molecule has 1 aromatic heterocycles. The van der Waals surface area contributed by atoms with Crippen LogP contribution < -0.4 is 38.5 Å². The zero-order valence-corrected chi connectivity index (χ0v) is 29.5. The van der Waals surface area contributed by atoms with E-state index < -0.39 is 36.4 Å². The first-order valence-corrected chi connectivity index (χ1v) is 15.0. The molecule has 3 N–H and O–H groups in total. The first-order chi connectivity index (χ1) is 23.5. The van der Waals surface area contributed by atoms with Crippen molar-refractivity contribution in [1.29, 1.82) is 0 Å². The summed E-state index contributed by atoms with van der Waals surface area (Å²) in [5, 5.41) is 44.9. The highest BCUT2D eigenvalue weighted by atomic mass is 16.5. The molecule has 2 aromatic carbocycles. The molecule has 0 aliphatic heterocycles. The molecule has 0 bridgehead atoms. The maximum absolute atomic E-state index is 10.2. The summed E-state index contributed by atoms with van der Waals surface area (Å²) in [5.74, 6) is -1.61. The van der Waals surface area contributed by atoms with E-state index in [1.807, 2.05) is 74.6 Å². The number of carbonyl (C=O) groups excluding carboxylic acids is 1. The Morgan fingerprint density at radius 2 is 1.22 bits per heavy atom. The molecule has 17 nitrogen and oxygen atoms in total. The number of methoxy groups -OCH3 is 4. The monoisotopic (exact) mass is 700 g/mol. The summed E-state index contributed by atoms with van der Waals surface area (Å²) in [5.41, 5.74) is 0.598. The summed E-state index contributed by atoms with van der Waals surface area (Å²) in [6.07, 6.45) is 5.58. The Kier molecular flexibility index (Phi) is 14.6. The minimum atomic E-state index is -2.85. The minimum Gasteiger partial charge on any atom is -0.547 e. The van der Waals surface area contributed by atoms with Crippen LogP contribution in [-0.4, -0.2) is 113 Å². The van der Waals surface area contributed by atoms with Crippen LogP contribution in [-0.2, 0) is 20.8 Å². The van der Waals surface area contributed by atoms with Crippen molar-refractivity contribution in [3.05, 3.63) is 53.6 Å². The van der Waals surface area contributed by atoms with Gasteiger partial charge in [-0.1, -0.05) is 17.1 Å². The average Bonchev–Trinajstić information content (AvgIpc) is 3.45. The summed E-state index contributed by atoms with van der Waals surface area (Å²) in [6.45, 7) is 2.06. The van der Waals surface area contributed by atoms with Crippen LogP contribution in [0.5, 0.6) is 23.0 Å². The highest BCUT2D eigenvalue weighted by molar-refractivity contribution is 5.87. The van der Waals surface area contributed by atoms with Gasteiger partial charge in [0.05, 0.1) is 66.1 Å². The molecule has 0 saturated heterocycles. The standard InChI is InChI=1S/C27H37N6O4.C6H8O7/c1-10-25-32(28-17-19-13-21(34-6)26(30(2)3)22(14-19)35-7)11-12-33(25)29-18-20-15-23(36-8)27(31(4)5)24(16-20)37-9;7-3(8)1-6(13,5(11)12)2-4(9)10/h11-18H,10H2,1-9H3;13H,1-2H2,(H,7,8)(H,9,10)(H,11,12)/q+1;/p-1.